The molecule has 94 valence electrons. The molecule has 1 heterocycles. The van der Waals surface area contributed by atoms with Crippen molar-refractivity contribution in [3.63, 3.8) is 0 Å². The fourth-order valence-corrected chi connectivity index (χ4v) is 1.36. The monoisotopic (exact) mass is 240 g/mol. The molecule has 0 saturated carbocycles. The van der Waals surface area contributed by atoms with E-state index in [0.717, 1.165) is 12.8 Å². The normalized spacial score (nSPS) is 10.2. The van der Waals surface area contributed by atoms with Crippen LogP contribution in [-0.4, -0.2) is 33.4 Å². The van der Waals surface area contributed by atoms with E-state index in [0.29, 0.717) is 6.54 Å². The molecule has 0 saturated heterocycles. The lowest BCUT2D eigenvalue weighted by Gasteiger charge is -1.99. The van der Waals surface area contributed by atoms with Crippen molar-refractivity contribution in [1.82, 2.24) is 9.78 Å². The zero-order chi connectivity index (χ0) is 12.8. The van der Waals surface area contributed by atoms with Gasteiger partial charge in [-0.05, 0) is 13.3 Å². The van der Waals surface area contributed by atoms with Crippen molar-refractivity contribution in [1.29, 1.82) is 0 Å². The molecule has 0 aliphatic rings. The van der Waals surface area contributed by atoms with Crippen LogP contribution >= 0.6 is 0 Å². The topological polar surface area (TPSA) is 81.4 Å². The molecule has 6 heteroatoms. The first-order valence-corrected chi connectivity index (χ1v) is 5.58. The smallest absolute Gasteiger partial charge is 0.359 e. The minimum absolute atomic E-state index is 0.112. The van der Waals surface area contributed by atoms with E-state index in [9.17, 15) is 9.59 Å². The van der Waals surface area contributed by atoms with E-state index in [2.05, 4.69) is 5.10 Å². The van der Waals surface area contributed by atoms with Crippen LogP contribution in [0.3, 0.4) is 0 Å². The average molecular weight is 240 g/mol. The Hall–Kier alpha value is -1.85. The van der Waals surface area contributed by atoms with Crippen molar-refractivity contribution in [3.05, 3.63) is 17.5 Å². The van der Waals surface area contributed by atoms with Crippen LogP contribution in [0.5, 0.6) is 0 Å². The summed E-state index contributed by atoms with van der Waals surface area (Å²) in [5.74, 6) is -1.86. The standard InChI is InChI=1S/C11H16N2O4/c1-3-5-6-13-7-8(10(14)15)9(12-13)11(16)17-4-2/h7H,3-6H2,1-2H3,(H,14,15). The minimum atomic E-state index is -1.17. The Labute approximate surface area is 99.2 Å². The Balaban J connectivity index is 2.96. The Morgan fingerprint density at radius 2 is 2.18 bits per heavy atom. The Kier molecular flexibility index (Phi) is 4.68. The van der Waals surface area contributed by atoms with Crippen LogP contribution in [0.4, 0.5) is 0 Å². The number of hydrogen-bond acceptors (Lipinski definition) is 4. The number of rotatable bonds is 6. The number of nitrogens with zero attached hydrogens (tertiary/aromatic N) is 2. The maximum absolute atomic E-state index is 11.5. The third-order valence-corrected chi connectivity index (χ3v) is 2.20. The highest BCUT2D eigenvalue weighted by Gasteiger charge is 2.22. The van der Waals surface area contributed by atoms with Gasteiger partial charge in [0.15, 0.2) is 5.69 Å². The van der Waals surface area contributed by atoms with Crippen LogP contribution in [-0.2, 0) is 11.3 Å². The molecule has 0 amide bonds. The van der Waals surface area contributed by atoms with Gasteiger partial charge in [-0.1, -0.05) is 13.3 Å². The number of carboxylic acid groups (broad SMARTS) is 1. The molecule has 17 heavy (non-hydrogen) atoms. The Bertz CT molecular complexity index is 412. The maximum atomic E-state index is 11.5. The van der Waals surface area contributed by atoms with E-state index < -0.39 is 11.9 Å². The molecular formula is C11H16N2O4. The Morgan fingerprint density at radius 1 is 1.47 bits per heavy atom. The fourth-order valence-electron chi connectivity index (χ4n) is 1.36. The van der Waals surface area contributed by atoms with E-state index in [4.69, 9.17) is 9.84 Å². The summed E-state index contributed by atoms with van der Waals surface area (Å²) in [6, 6.07) is 0. The molecule has 6 nitrogen and oxygen atoms in total. The number of aryl methyl sites for hydroxylation is 1. The summed E-state index contributed by atoms with van der Waals surface area (Å²) in [4.78, 5) is 22.5. The highest BCUT2D eigenvalue weighted by atomic mass is 16.5. The molecule has 1 aromatic rings. The van der Waals surface area contributed by atoms with Gasteiger partial charge in [-0.15, -0.1) is 0 Å². The van der Waals surface area contributed by atoms with Gasteiger partial charge in [0.05, 0.1) is 6.61 Å². The number of ether oxygens (including phenoxy) is 1. The van der Waals surface area contributed by atoms with Gasteiger partial charge < -0.3 is 9.84 Å². The second kappa shape index (κ2) is 6.03. The SMILES string of the molecule is CCCCn1cc(C(=O)O)c(C(=O)OCC)n1. The van der Waals surface area contributed by atoms with Crippen molar-refractivity contribution in [2.45, 2.75) is 33.2 Å². The zero-order valence-electron chi connectivity index (χ0n) is 9.97. The van der Waals surface area contributed by atoms with Gasteiger partial charge in [0, 0.05) is 12.7 Å². The van der Waals surface area contributed by atoms with Crippen LogP contribution in [0, 0.1) is 0 Å². The molecule has 0 atom stereocenters. The van der Waals surface area contributed by atoms with Crippen LogP contribution in [0.2, 0.25) is 0 Å². The van der Waals surface area contributed by atoms with Crippen molar-refractivity contribution < 1.29 is 19.4 Å². The predicted octanol–water partition coefficient (Wildman–Crippen LogP) is 1.56. The van der Waals surface area contributed by atoms with Crippen LogP contribution in [0.1, 0.15) is 47.5 Å². The average Bonchev–Trinajstić information content (AvgIpc) is 2.71. The molecule has 1 rings (SSSR count). The molecule has 0 aliphatic heterocycles. The molecule has 0 radical (unpaired) electrons. The van der Waals surface area contributed by atoms with Gasteiger partial charge >= 0.3 is 11.9 Å². The number of unbranched alkanes of at least 4 members (excludes halogenated alkanes) is 1. The van der Waals surface area contributed by atoms with E-state index in [-0.39, 0.29) is 17.9 Å². The van der Waals surface area contributed by atoms with Gasteiger partial charge in [0.2, 0.25) is 0 Å². The molecular weight excluding hydrogens is 224 g/mol. The van der Waals surface area contributed by atoms with E-state index >= 15 is 0 Å². The first-order chi connectivity index (χ1) is 8.10. The van der Waals surface area contributed by atoms with Gasteiger partial charge in [-0.2, -0.15) is 5.10 Å². The zero-order valence-corrected chi connectivity index (χ0v) is 9.97. The summed E-state index contributed by atoms with van der Waals surface area (Å²) in [5.41, 5.74) is -0.241. The van der Waals surface area contributed by atoms with Crippen LogP contribution < -0.4 is 0 Å². The van der Waals surface area contributed by atoms with E-state index in [1.807, 2.05) is 6.92 Å². The summed E-state index contributed by atoms with van der Waals surface area (Å²) in [6.07, 6.45) is 3.21. The largest absolute Gasteiger partial charge is 0.478 e. The third kappa shape index (κ3) is 3.30. The lowest BCUT2D eigenvalue weighted by Crippen LogP contribution is -2.11. The summed E-state index contributed by atoms with van der Waals surface area (Å²) < 4.78 is 6.23. The number of carboxylic acids is 1. The van der Waals surface area contributed by atoms with Crippen molar-refractivity contribution in [2.24, 2.45) is 0 Å². The van der Waals surface area contributed by atoms with E-state index in [1.165, 1.54) is 10.9 Å². The third-order valence-electron chi connectivity index (χ3n) is 2.20. The lowest BCUT2D eigenvalue weighted by atomic mass is 10.2. The number of hydrogen-bond donors (Lipinski definition) is 1. The van der Waals surface area contributed by atoms with Gasteiger partial charge in [-0.25, -0.2) is 9.59 Å². The number of carbonyl (C=O) groups excluding carboxylic acids is 1. The summed E-state index contributed by atoms with van der Waals surface area (Å²) in [6.45, 7) is 4.47. The summed E-state index contributed by atoms with van der Waals surface area (Å²) in [7, 11) is 0. The van der Waals surface area contributed by atoms with Crippen molar-refractivity contribution in [3.8, 4) is 0 Å². The van der Waals surface area contributed by atoms with Crippen LogP contribution in [0.25, 0.3) is 0 Å². The molecule has 0 aromatic carbocycles. The minimum Gasteiger partial charge on any atom is -0.478 e. The van der Waals surface area contributed by atoms with Crippen molar-refractivity contribution >= 4 is 11.9 Å². The molecule has 0 spiro atoms. The highest BCUT2D eigenvalue weighted by molar-refractivity contribution is 6.00. The Morgan fingerprint density at radius 3 is 2.71 bits per heavy atom. The summed E-state index contributed by atoms with van der Waals surface area (Å²) >= 11 is 0. The highest BCUT2D eigenvalue weighted by Crippen LogP contribution is 2.09. The predicted molar refractivity (Wildman–Crippen MR) is 60.1 cm³/mol. The molecule has 0 fully saturated rings. The summed E-state index contributed by atoms with van der Waals surface area (Å²) in [5, 5.41) is 12.9. The van der Waals surface area contributed by atoms with E-state index in [1.54, 1.807) is 6.92 Å². The molecule has 1 aromatic heterocycles. The second-order valence-electron chi connectivity index (χ2n) is 3.53. The first kappa shape index (κ1) is 13.2. The number of aromatic carboxylic acids is 1. The maximum Gasteiger partial charge on any atom is 0.359 e. The molecule has 0 bridgehead atoms. The quantitative estimate of drug-likeness (QED) is 0.763. The van der Waals surface area contributed by atoms with Crippen molar-refractivity contribution in [2.75, 3.05) is 6.61 Å². The number of carbonyl (C=O) groups is 2. The second-order valence-corrected chi connectivity index (χ2v) is 3.53. The van der Waals surface area contributed by atoms with Gasteiger partial charge in [0.25, 0.3) is 0 Å². The first-order valence-electron chi connectivity index (χ1n) is 5.58. The molecule has 0 unspecified atom stereocenters. The molecule has 1 N–H and O–H groups in total. The fraction of sp³-hybridized carbons (Fsp3) is 0.545. The molecule has 0 aliphatic carbocycles. The van der Waals surface area contributed by atoms with Gasteiger partial charge in [-0.3, -0.25) is 4.68 Å². The lowest BCUT2D eigenvalue weighted by molar-refractivity contribution is 0.0507. The van der Waals surface area contributed by atoms with Gasteiger partial charge in [0.1, 0.15) is 5.56 Å². The van der Waals surface area contributed by atoms with Crippen LogP contribution in [0.15, 0.2) is 6.20 Å². The number of aromatic nitrogens is 2. The number of esters is 1.